The van der Waals surface area contributed by atoms with Gasteiger partial charge in [0.15, 0.2) is 5.79 Å². The molecule has 0 aromatic rings. The van der Waals surface area contributed by atoms with Crippen LogP contribution in [0.4, 0.5) is 0 Å². The molecule has 1 saturated heterocycles. The largest absolute Gasteiger partial charge is 0.347 e. The third kappa shape index (κ3) is 1.39. The molecule has 2 aliphatic carbocycles. The molecule has 0 N–H and O–H groups in total. The monoisotopic (exact) mass is 206 g/mol. The predicted octanol–water partition coefficient (Wildman–Crippen LogP) is 2.66. The van der Waals surface area contributed by atoms with Gasteiger partial charge in [0.1, 0.15) is 0 Å². The van der Waals surface area contributed by atoms with Crippen molar-refractivity contribution < 1.29 is 9.47 Å². The Bertz CT molecular complexity index is 330. The lowest BCUT2D eigenvalue weighted by atomic mass is 9.93. The summed E-state index contributed by atoms with van der Waals surface area (Å²) in [6.07, 6.45) is 6.73. The third-order valence-corrected chi connectivity index (χ3v) is 3.91. The van der Waals surface area contributed by atoms with Crippen molar-refractivity contribution in [2.24, 2.45) is 11.8 Å². The Morgan fingerprint density at radius 3 is 2.67 bits per heavy atom. The number of fused-ring (bicyclic) bond motifs is 1. The minimum Gasteiger partial charge on any atom is -0.347 e. The van der Waals surface area contributed by atoms with Crippen molar-refractivity contribution in [3.63, 3.8) is 0 Å². The Kier molecular flexibility index (Phi) is 2.05. The van der Waals surface area contributed by atoms with Gasteiger partial charge in [-0.1, -0.05) is 17.7 Å². The van der Waals surface area contributed by atoms with Crippen LogP contribution in [0.3, 0.4) is 0 Å². The highest BCUT2D eigenvalue weighted by Crippen LogP contribution is 2.51. The van der Waals surface area contributed by atoms with E-state index in [9.17, 15) is 0 Å². The molecule has 0 bridgehead atoms. The van der Waals surface area contributed by atoms with Crippen molar-refractivity contribution >= 4 is 0 Å². The zero-order chi connectivity index (χ0) is 10.5. The summed E-state index contributed by atoms with van der Waals surface area (Å²) in [7, 11) is 0. The molecular weight excluding hydrogens is 188 g/mol. The van der Waals surface area contributed by atoms with E-state index in [1.165, 1.54) is 11.1 Å². The summed E-state index contributed by atoms with van der Waals surface area (Å²) >= 11 is 0. The Balaban J connectivity index is 1.87. The van der Waals surface area contributed by atoms with Gasteiger partial charge < -0.3 is 9.47 Å². The van der Waals surface area contributed by atoms with Crippen LogP contribution in [0.2, 0.25) is 0 Å². The van der Waals surface area contributed by atoms with Gasteiger partial charge in [0.05, 0.1) is 13.2 Å². The fraction of sp³-hybridized carbons (Fsp3) is 0.692. The lowest BCUT2D eigenvalue weighted by molar-refractivity contribution is -0.153. The molecule has 0 unspecified atom stereocenters. The summed E-state index contributed by atoms with van der Waals surface area (Å²) in [5.74, 6) is 1.06. The zero-order valence-electron chi connectivity index (χ0n) is 9.45. The van der Waals surface area contributed by atoms with E-state index in [0.29, 0.717) is 11.8 Å². The van der Waals surface area contributed by atoms with Gasteiger partial charge in [0, 0.05) is 12.8 Å². The van der Waals surface area contributed by atoms with E-state index in [4.69, 9.17) is 9.47 Å². The van der Waals surface area contributed by atoms with E-state index >= 15 is 0 Å². The van der Waals surface area contributed by atoms with Gasteiger partial charge in [0.25, 0.3) is 0 Å². The maximum atomic E-state index is 5.79. The second kappa shape index (κ2) is 3.19. The van der Waals surface area contributed by atoms with Crippen LogP contribution in [0.15, 0.2) is 23.3 Å². The first kappa shape index (κ1) is 9.61. The van der Waals surface area contributed by atoms with Gasteiger partial charge >= 0.3 is 0 Å². The summed E-state index contributed by atoms with van der Waals surface area (Å²) in [5.41, 5.74) is 2.95. The average molecular weight is 206 g/mol. The van der Waals surface area contributed by atoms with Crippen molar-refractivity contribution in [1.29, 1.82) is 0 Å². The first-order valence-corrected chi connectivity index (χ1v) is 5.84. The Morgan fingerprint density at radius 1 is 1.27 bits per heavy atom. The SMILES string of the molecule is CC(C)=C1C=C[C@H]2CC3(C[C@@H]12)OCCO3. The molecule has 0 aromatic heterocycles. The molecule has 15 heavy (non-hydrogen) atoms. The average Bonchev–Trinajstić information content (AvgIpc) is 2.81. The Morgan fingerprint density at radius 2 is 2.00 bits per heavy atom. The topological polar surface area (TPSA) is 18.5 Å². The van der Waals surface area contributed by atoms with Crippen LogP contribution < -0.4 is 0 Å². The van der Waals surface area contributed by atoms with Crippen LogP contribution in [0.5, 0.6) is 0 Å². The van der Waals surface area contributed by atoms with Gasteiger partial charge in [0.2, 0.25) is 0 Å². The van der Waals surface area contributed by atoms with Crippen molar-refractivity contribution in [3.05, 3.63) is 23.3 Å². The highest BCUT2D eigenvalue weighted by atomic mass is 16.7. The van der Waals surface area contributed by atoms with E-state index in [2.05, 4.69) is 26.0 Å². The smallest absolute Gasteiger partial charge is 0.169 e. The fourth-order valence-electron chi connectivity index (χ4n) is 3.23. The normalized spacial score (nSPS) is 36.5. The van der Waals surface area contributed by atoms with E-state index in [0.717, 1.165) is 26.1 Å². The number of ether oxygens (including phenoxy) is 2. The fourth-order valence-corrected chi connectivity index (χ4v) is 3.23. The van der Waals surface area contributed by atoms with Crippen LogP contribution in [0.1, 0.15) is 26.7 Å². The highest BCUT2D eigenvalue weighted by Gasteiger charge is 2.50. The predicted molar refractivity (Wildman–Crippen MR) is 58.4 cm³/mol. The molecule has 1 spiro atoms. The number of rotatable bonds is 0. The van der Waals surface area contributed by atoms with Crippen molar-refractivity contribution in [2.75, 3.05) is 13.2 Å². The summed E-state index contributed by atoms with van der Waals surface area (Å²) in [6, 6.07) is 0. The van der Waals surface area contributed by atoms with Crippen molar-refractivity contribution in [1.82, 2.24) is 0 Å². The van der Waals surface area contributed by atoms with Crippen LogP contribution in [0, 0.1) is 11.8 Å². The quantitative estimate of drug-likeness (QED) is 0.606. The zero-order valence-corrected chi connectivity index (χ0v) is 9.45. The molecule has 0 radical (unpaired) electrons. The molecule has 1 saturated carbocycles. The first-order chi connectivity index (χ1) is 7.20. The van der Waals surface area contributed by atoms with Crippen molar-refractivity contribution in [2.45, 2.75) is 32.5 Å². The lowest BCUT2D eigenvalue weighted by Gasteiger charge is -2.22. The lowest BCUT2D eigenvalue weighted by Crippen LogP contribution is -2.26. The third-order valence-electron chi connectivity index (χ3n) is 3.91. The van der Waals surface area contributed by atoms with Crippen LogP contribution in [0.25, 0.3) is 0 Å². The summed E-state index contributed by atoms with van der Waals surface area (Å²) < 4.78 is 11.6. The van der Waals surface area contributed by atoms with Gasteiger partial charge in [-0.3, -0.25) is 0 Å². The van der Waals surface area contributed by atoms with Crippen LogP contribution >= 0.6 is 0 Å². The number of allylic oxidation sites excluding steroid dienone is 4. The Hall–Kier alpha value is -0.600. The minimum absolute atomic E-state index is 0.235. The van der Waals surface area contributed by atoms with E-state index < -0.39 is 0 Å². The van der Waals surface area contributed by atoms with E-state index in [1.807, 2.05) is 0 Å². The molecule has 1 aliphatic heterocycles. The number of hydrogen-bond donors (Lipinski definition) is 0. The standard InChI is InChI=1S/C13H18O2/c1-9(2)11-4-3-10-7-13(8-12(10)11)14-5-6-15-13/h3-4,10,12H,5-8H2,1-2H3/t10-,12+/m0/s1. The summed E-state index contributed by atoms with van der Waals surface area (Å²) in [6.45, 7) is 5.94. The minimum atomic E-state index is -0.235. The van der Waals surface area contributed by atoms with Gasteiger partial charge in [-0.15, -0.1) is 0 Å². The van der Waals surface area contributed by atoms with Crippen LogP contribution in [-0.4, -0.2) is 19.0 Å². The molecule has 2 fully saturated rings. The van der Waals surface area contributed by atoms with Gasteiger partial charge in [-0.25, -0.2) is 0 Å². The second-order valence-electron chi connectivity index (χ2n) is 5.10. The molecule has 0 aromatic carbocycles. The molecule has 3 aliphatic rings. The van der Waals surface area contributed by atoms with Crippen molar-refractivity contribution in [3.8, 4) is 0 Å². The van der Waals surface area contributed by atoms with Gasteiger partial charge in [-0.2, -0.15) is 0 Å². The number of hydrogen-bond acceptors (Lipinski definition) is 2. The van der Waals surface area contributed by atoms with Gasteiger partial charge in [-0.05, 0) is 31.3 Å². The maximum absolute atomic E-state index is 5.79. The Labute approximate surface area is 90.9 Å². The van der Waals surface area contributed by atoms with E-state index in [-0.39, 0.29) is 5.79 Å². The molecule has 82 valence electrons. The highest BCUT2D eigenvalue weighted by molar-refractivity contribution is 5.35. The molecule has 1 heterocycles. The second-order valence-corrected chi connectivity index (χ2v) is 5.10. The molecule has 3 rings (SSSR count). The summed E-state index contributed by atoms with van der Waals surface area (Å²) in [4.78, 5) is 0. The summed E-state index contributed by atoms with van der Waals surface area (Å²) in [5, 5.41) is 0. The maximum Gasteiger partial charge on any atom is 0.169 e. The first-order valence-electron chi connectivity index (χ1n) is 5.84. The van der Waals surface area contributed by atoms with Crippen LogP contribution in [-0.2, 0) is 9.47 Å². The molecule has 2 nitrogen and oxygen atoms in total. The van der Waals surface area contributed by atoms with E-state index in [1.54, 1.807) is 0 Å². The molecular formula is C13H18O2. The molecule has 0 amide bonds. The molecule has 2 atom stereocenters. The molecule has 2 heteroatoms.